The van der Waals surface area contributed by atoms with Crippen molar-refractivity contribution in [3.05, 3.63) is 69.7 Å². The number of benzene rings is 2. The summed E-state index contributed by atoms with van der Waals surface area (Å²) in [6.07, 6.45) is -2.86. The van der Waals surface area contributed by atoms with Gasteiger partial charge in [0.15, 0.2) is 0 Å². The fraction of sp³-hybridized carbons (Fsp3) is 0.480. The van der Waals surface area contributed by atoms with Gasteiger partial charge in [0, 0.05) is 48.3 Å². The predicted molar refractivity (Wildman–Crippen MR) is 126 cm³/mol. The normalized spacial score (nSPS) is 22.4. The molecule has 9 heteroatoms. The summed E-state index contributed by atoms with van der Waals surface area (Å²) in [5, 5.41) is 3.45. The third-order valence-corrected chi connectivity index (χ3v) is 7.85. The van der Waals surface area contributed by atoms with Gasteiger partial charge >= 0.3 is 6.18 Å². The van der Waals surface area contributed by atoms with Gasteiger partial charge in [0.05, 0.1) is 0 Å². The lowest BCUT2D eigenvalue weighted by Crippen LogP contribution is -2.59. The van der Waals surface area contributed by atoms with E-state index >= 15 is 0 Å². The highest BCUT2D eigenvalue weighted by Gasteiger charge is 2.64. The van der Waals surface area contributed by atoms with E-state index in [-0.39, 0.29) is 34.5 Å². The number of alkyl halides is 3. The largest absolute Gasteiger partial charge is 0.430 e. The molecular formula is C25H27Cl2F3N2O2. The van der Waals surface area contributed by atoms with Crippen LogP contribution < -0.4 is 5.32 Å². The van der Waals surface area contributed by atoms with Gasteiger partial charge < -0.3 is 15.0 Å². The third-order valence-electron chi connectivity index (χ3n) is 7.41. The molecule has 1 N–H and O–H groups in total. The molecule has 2 atom stereocenters. The van der Waals surface area contributed by atoms with Gasteiger partial charge in [0.2, 0.25) is 0 Å². The van der Waals surface area contributed by atoms with Gasteiger partial charge in [0.25, 0.3) is 11.5 Å². The summed E-state index contributed by atoms with van der Waals surface area (Å²) in [5.41, 5.74) is -2.46. The second-order valence-corrected chi connectivity index (χ2v) is 9.99. The first-order valence-corrected chi connectivity index (χ1v) is 12.0. The van der Waals surface area contributed by atoms with Crippen LogP contribution in [-0.2, 0) is 15.1 Å². The zero-order valence-corrected chi connectivity index (χ0v) is 20.3. The van der Waals surface area contributed by atoms with Crippen LogP contribution >= 0.6 is 23.2 Å². The van der Waals surface area contributed by atoms with E-state index in [0.29, 0.717) is 12.8 Å². The lowest BCUT2D eigenvalue weighted by molar-refractivity contribution is -0.271. The molecule has 2 fully saturated rings. The highest BCUT2D eigenvalue weighted by atomic mass is 35.5. The molecule has 2 aliphatic heterocycles. The number of likely N-dealkylation sites (tertiary alicyclic amines) is 1. The van der Waals surface area contributed by atoms with Gasteiger partial charge in [-0.05, 0) is 55.0 Å². The van der Waals surface area contributed by atoms with E-state index in [1.165, 1.54) is 16.5 Å². The lowest BCUT2D eigenvalue weighted by atomic mass is 9.62. The molecule has 2 heterocycles. The smallest absolute Gasteiger partial charge is 0.356 e. The Bertz CT molecular complexity index is 1010. The van der Waals surface area contributed by atoms with Crippen molar-refractivity contribution in [3.63, 3.8) is 0 Å². The van der Waals surface area contributed by atoms with Crippen LogP contribution in [0.1, 0.15) is 36.3 Å². The molecular weight excluding hydrogens is 488 g/mol. The van der Waals surface area contributed by atoms with Crippen molar-refractivity contribution < 1.29 is 22.7 Å². The van der Waals surface area contributed by atoms with Crippen molar-refractivity contribution in [2.24, 2.45) is 5.41 Å². The van der Waals surface area contributed by atoms with Gasteiger partial charge in [-0.2, -0.15) is 13.2 Å². The maximum Gasteiger partial charge on any atom is 0.430 e. The molecule has 1 spiro atoms. The number of hydrogen-bond donors (Lipinski definition) is 1. The molecule has 2 saturated heterocycles. The van der Waals surface area contributed by atoms with Crippen molar-refractivity contribution >= 4 is 29.1 Å². The van der Waals surface area contributed by atoms with Gasteiger partial charge in [-0.3, -0.25) is 4.79 Å². The summed E-state index contributed by atoms with van der Waals surface area (Å²) in [6.45, 7) is 2.10. The zero-order chi connectivity index (χ0) is 24.6. The molecule has 2 aromatic carbocycles. The Morgan fingerprint density at radius 1 is 1.06 bits per heavy atom. The number of piperidine rings is 2. The Balaban J connectivity index is 1.63. The molecule has 4 nitrogen and oxygen atoms in total. The van der Waals surface area contributed by atoms with Crippen LogP contribution in [0.4, 0.5) is 13.2 Å². The van der Waals surface area contributed by atoms with Crippen molar-refractivity contribution in [2.45, 2.75) is 37.0 Å². The zero-order valence-electron chi connectivity index (χ0n) is 18.8. The van der Waals surface area contributed by atoms with E-state index in [1.54, 1.807) is 0 Å². The quantitative estimate of drug-likeness (QED) is 0.561. The van der Waals surface area contributed by atoms with Crippen LogP contribution in [0.15, 0.2) is 48.5 Å². The number of nitrogens with one attached hydrogen (secondary N) is 1. The molecule has 0 aliphatic carbocycles. The Morgan fingerprint density at radius 3 is 2.24 bits per heavy atom. The molecule has 34 heavy (non-hydrogen) atoms. The monoisotopic (exact) mass is 514 g/mol. The highest BCUT2D eigenvalue weighted by Crippen LogP contribution is 2.50. The minimum atomic E-state index is -5.01. The van der Waals surface area contributed by atoms with Gasteiger partial charge in [-0.15, -0.1) is 0 Å². The van der Waals surface area contributed by atoms with Crippen molar-refractivity contribution in [3.8, 4) is 0 Å². The van der Waals surface area contributed by atoms with Crippen molar-refractivity contribution in [1.82, 2.24) is 10.2 Å². The first-order valence-electron chi connectivity index (χ1n) is 11.3. The van der Waals surface area contributed by atoms with Crippen molar-refractivity contribution in [2.75, 3.05) is 33.3 Å². The van der Waals surface area contributed by atoms with Gasteiger partial charge in [-0.25, -0.2) is 0 Å². The van der Waals surface area contributed by atoms with Crippen LogP contribution in [0.2, 0.25) is 10.0 Å². The molecule has 184 valence electrons. The molecule has 2 aliphatic rings. The third kappa shape index (κ3) is 4.43. The molecule has 0 radical (unpaired) electrons. The number of nitrogens with zero attached hydrogens (tertiary/aromatic N) is 1. The summed E-state index contributed by atoms with van der Waals surface area (Å²) in [6, 6.07) is 13.7. The van der Waals surface area contributed by atoms with E-state index in [1.807, 2.05) is 18.2 Å². The van der Waals surface area contributed by atoms with Crippen molar-refractivity contribution in [1.29, 1.82) is 0 Å². The Hall–Kier alpha value is -1.80. The van der Waals surface area contributed by atoms with E-state index in [9.17, 15) is 18.0 Å². The number of hydrogen-bond acceptors (Lipinski definition) is 3. The molecule has 0 saturated carbocycles. The maximum absolute atomic E-state index is 14.5. The number of carbonyl (C=O) groups excluding carboxylic acids is 1. The van der Waals surface area contributed by atoms with E-state index in [2.05, 4.69) is 17.4 Å². The molecule has 0 aromatic heterocycles. The van der Waals surface area contributed by atoms with E-state index < -0.39 is 23.2 Å². The minimum Gasteiger partial charge on any atom is -0.356 e. The molecule has 2 unspecified atom stereocenters. The fourth-order valence-electron chi connectivity index (χ4n) is 5.59. The number of rotatable bonds is 4. The van der Waals surface area contributed by atoms with Gasteiger partial charge in [-0.1, -0.05) is 53.5 Å². The van der Waals surface area contributed by atoms with Crippen LogP contribution in [0, 0.1) is 5.41 Å². The topological polar surface area (TPSA) is 41.6 Å². The summed E-state index contributed by atoms with van der Waals surface area (Å²) in [7, 11) is 0.893. The molecule has 1 amide bonds. The number of halogens is 5. The number of amides is 1. The Labute approximate surface area is 207 Å². The number of ether oxygens (including phenoxy) is 1. The average molecular weight is 515 g/mol. The number of methoxy groups -OCH3 is 1. The molecule has 2 aromatic rings. The van der Waals surface area contributed by atoms with E-state index in [0.717, 1.165) is 38.8 Å². The van der Waals surface area contributed by atoms with Crippen LogP contribution in [0.25, 0.3) is 0 Å². The fourth-order valence-corrected chi connectivity index (χ4v) is 6.12. The minimum absolute atomic E-state index is 0.000944. The first-order chi connectivity index (χ1) is 16.1. The SMILES string of the molecule is COC(C(=O)N1CCC2(CCNCC2c2ccccc2)CC1)(c1cc(Cl)cc(Cl)c1)C(F)(F)F. The summed E-state index contributed by atoms with van der Waals surface area (Å²) in [5.74, 6) is -0.901. The standard InChI is InChI=1S/C25H27Cl2F3N2O2/c1-34-24(25(28,29)30,18-13-19(26)15-20(27)14-18)22(33)32-11-8-23(9-12-32)7-10-31-16-21(23)17-5-3-2-4-6-17/h2-6,13-15,21,31H,7-12,16H2,1H3. The second kappa shape index (κ2) is 9.69. The van der Waals surface area contributed by atoms with Crippen LogP contribution in [0.5, 0.6) is 0 Å². The van der Waals surface area contributed by atoms with E-state index in [4.69, 9.17) is 27.9 Å². The maximum atomic E-state index is 14.5. The summed E-state index contributed by atoms with van der Waals surface area (Å²) >= 11 is 12.0. The van der Waals surface area contributed by atoms with Crippen LogP contribution in [-0.4, -0.2) is 50.3 Å². The highest BCUT2D eigenvalue weighted by molar-refractivity contribution is 6.34. The molecule has 4 rings (SSSR count). The average Bonchev–Trinajstić information content (AvgIpc) is 2.80. The second-order valence-electron chi connectivity index (χ2n) is 9.11. The Kier molecular flexibility index (Phi) is 7.21. The predicted octanol–water partition coefficient (Wildman–Crippen LogP) is 5.78. The summed E-state index contributed by atoms with van der Waals surface area (Å²) < 4.78 is 48.5. The number of carbonyl (C=O) groups is 1. The Morgan fingerprint density at radius 2 is 1.68 bits per heavy atom. The lowest BCUT2D eigenvalue weighted by Gasteiger charge is -2.50. The first kappa shape index (κ1) is 25.3. The van der Waals surface area contributed by atoms with Crippen LogP contribution in [0.3, 0.4) is 0 Å². The summed E-state index contributed by atoms with van der Waals surface area (Å²) in [4.78, 5) is 14.8. The van der Waals surface area contributed by atoms with Gasteiger partial charge in [0.1, 0.15) is 0 Å². The molecule has 0 bridgehead atoms.